The van der Waals surface area contributed by atoms with Gasteiger partial charge in [-0.3, -0.25) is 4.90 Å². The third kappa shape index (κ3) is 3.54. The highest BCUT2D eigenvalue weighted by molar-refractivity contribution is 7.91. The standard InChI is InChI=1S/C17H26BNO4S/c1-16(2)17(3,4)23-18(22-16)15-8-6-5-7-14(15)13-19-9-11-24(20,21)12-10-19/h5-8H,9-13H2,1-4H3. The summed E-state index contributed by atoms with van der Waals surface area (Å²) in [5, 5.41) is 0. The van der Waals surface area contributed by atoms with E-state index >= 15 is 0 Å². The second kappa shape index (κ2) is 6.13. The summed E-state index contributed by atoms with van der Waals surface area (Å²) in [5.41, 5.74) is 1.42. The average molecular weight is 351 g/mol. The fraction of sp³-hybridized carbons (Fsp3) is 0.647. The summed E-state index contributed by atoms with van der Waals surface area (Å²) in [6, 6.07) is 8.11. The maximum Gasteiger partial charge on any atom is 0.495 e. The van der Waals surface area contributed by atoms with Crippen molar-refractivity contribution in [3.63, 3.8) is 0 Å². The van der Waals surface area contributed by atoms with Crippen LogP contribution in [0.3, 0.4) is 0 Å². The Morgan fingerprint density at radius 1 is 1.04 bits per heavy atom. The molecule has 0 aromatic heterocycles. The Morgan fingerprint density at radius 3 is 2.17 bits per heavy atom. The maximum atomic E-state index is 11.6. The molecule has 2 saturated heterocycles. The van der Waals surface area contributed by atoms with Gasteiger partial charge in [0.05, 0.1) is 22.7 Å². The van der Waals surface area contributed by atoms with Crippen LogP contribution in [0.4, 0.5) is 0 Å². The largest absolute Gasteiger partial charge is 0.495 e. The minimum absolute atomic E-state index is 0.242. The highest BCUT2D eigenvalue weighted by Crippen LogP contribution is 2.36. The van der Waals surface area contributed by atoms with Gasteiger partial charge in [-0.2, -0.15) is 0 Å². The highest BCUT2D eigenvalue weighted by Gasteiger charge is 2.52. The van der Waals surface area contributed by atoms with Gasteiger partial charge in [0.2, 0.25) is 0 Å². The second-order valence-corrected chi connectivity index (χ2v) is 10.0. The van der Waals surface area contributed by atoms with E-state index in [0.717, 1.165) is 17.6 Å². The van der Waals surface area contributed by atoms with Crippen molar-refractivity contribution in [3.8, 4) is 0 Å². The van der Waals surface area contributed by atoms with E-state index in [4.69, 9.17) is 9.31 Å². The number of benzene rings is 1. The zero-order valence-electron chi connectivity index (χ0n) is 14.9. The molecule has 0 spiro atoms. The molecule has 3 rings (SSSR count). The topological polar surface area (TPSA) is 55.8 Å². The van der Waals surface area contributed by atoms with Gasteiger partial charge in [0.1, 0.15) is 0 Å². The first-order valence-corrected chi connectivity index (χ1v) is 10.3. The van der Waals surface area contributed by atoms with Crippen LogP contribution in [0.2, 0.25) is 0 Å². The Balaban J connectivity index is 1.77. The predicted octanol–water partition coefficient (Wildman–Crippen LogP) is 1.22. The van der Waals surface area contributed by atoms with Crippen molar-refractivity contribution in [2.45, 2.75) is 45.4 Å². The van der Waals surface area contributed by atoms with Crippen LogP contribution in [0, 0.1) is 0 Å². The molecule has 2 fully saturated rings. The minimum Gasteiger partial charge on any atom is -0.399 e. The van der Waals surface area contributed by atoms with Crippen molar-refractivity contribution >= 4 is 22.4 Å². The molecule has 0 bridgehead atoms. The van der Waals surface area contributed by atoms with Crippen LogP contribution in [0.25, 0.3) is 0 Å². The summed E-state index contributed by atoms with van der Waals surface area (Å²) >= 11 is 0. The first kappa shape index (κ1) is 17.9. The molecule has 5 nitrogen and oxygen atoms in total. The maximum absolute atomic E-state index is 11.6. The molecular weight excluding hydrogens is 325 g/mol. The number of sulfone groups is 1. The van der Waals surface area contributed by atoms with Gasteiger partial charge in [-0.05, 0) is 38.7 Å². The molecule has 0 radical (unpaired) electrons. The summed E-state index contributed by atoms with van der Waals surface area (Å²) in [5.74, 6) is 0.483. The van der Waals surface area contributed by atoms with Crippen molar-refractivity contribution < 1.29 is 17.7 Å². The lowest BCUT2D eigenvalue weighted by Gasteiger charge is -2.32. The van der Waals surface area contributed by atoms with Gasteiger partial charge in [0.25, 0.3) is 0 Å². The van der Waals surface area contributed by atoms with Crippen molar-refractivity contribution in [2.75, 3.05) is 24.6 Å². The van der Waals surface area contributed by atoms with E-state index in [-0.39, 0.29) is 29.8 Å². The molecular formula is C17H26BNO4S. The lowest BCUT2D eigenvalue weighted by atomic mass is 9.76. The molecule has 132 valence electrons. The van der Waals surface area contributed by atoms with Gasteiger partial charge in [-0.25, -0.2) is 8.42 Å². The van der Waals surface area contributed by atoms with E-state index in [1.54, 1.807) is 0 Å². The van der Waals surface area contributed by atoms with E-state index in [2.05, 4.69) is 11.0 Å². The SMILES string of the molecule is CC1(C)OB(c2ccccc2CN2CCS(=O)(=O)CC2)OC1(C)C. The minimum atomic E-state index is -2.86. The Morgan fingerprint density at radius 2 is 1.58 bits per heavy atom. The monoisotopic (exact) mass is 351 g/mol. The summed E-state index contributed by atoms with van der Waals surface area (Å²) < 4.78 is 35.6. The molecule has 0 saturated carbocycles. The second-order valence-electron chi connectivity index (χ2n) is 7.72. The quantitative estimate of drug-likeness (QED) is 0.767. The summed E-state index contributed by atoms with van der Waals surface area (Å²) in [7, 11) is -3.24. The normalized spacial score (nSPS) is 25.8. The van der Waals surface area contributed by atoms with Crippen LogP contribution < -0.4 is 5.46 Å². The average Bonchev–Trinajstić information content (AvgIpc) is 2.70. The van der Waals surface area contributed by atoms with Crippen LogP contribution in [0.1, 0.15) is 33.3 Å². The molecule has 1 aromatic rings. The summed E-state index contributed by atoms with van der Waals surface area (Å²) in [4.78, 5) is 2.19. The lowest BCUT2D eigenvalue weighted by molar-refractivity contribution is 0.00578. The van der Waals surface area contributed by atoms with Crippen LogP contribution in [-0.2, 0) is 25.7 Å². The third-order valence-electron chi connectivity index (χ3n) is 5.39. The van der Waals surface area contributed by atoms with Crippen molar-refractivity contribution in [3.05, 3.63) is 29.8 Å². The van der Waals surface area contributed by atoms with E-state index < -0.39 is 9.84 Å². The summed E-state index contributed by atoms with van der Waals surface area (Å²) in [6.07, 6.45) is 0. The van der Waals surface area contributed by atoms with Gasteiger partial charge in [0.15, 0.2) is 9.84 Å². The molecule has 0 unspecified atom stereocenters. The van der Waals surface area contributed by atoms with Gasteiger partial charge >= 0.3 is 7.12 Å². The molecule has 0 N–H and O–H groups in total. The molecule has 24 heavy (non-hydrogen) atoms. The fourth-order valence-electron chi connectivity index (χ4n) is 3.03. The van der Waals surface area contributed by atoms with E-state index in [1.807, 2.05) is 45.9 Å². The first-order valence-electron chi connectivity index (χ1n) is 8.46. The van der Waals surface area contributed by atoms with Gasteiger partial charge < -0.3 is 9.31 Å². The Bertz CT molecular complexity index is 687. The van der Waals surface area contributed by atoms with E-state index in [1.165, 1.54) is 0 Å². The molecule has 2 aliphatic heterocycles. The fourth-order valence-corrected chi connectivity index (χ4v) is 4.30. The van der Waals surface area contributed by atoms with E-state index in [9.17, 15) is 8.42 Å². The van der Waals surface area contributed by atoms with Gasteiger partial charge in [-0.1, -0.05) is 24.3 Å². The molecule has 0 amide bonds. The lowest BCUT2D eigenvalue weighted by Crippen LogP contribution is -2.43. The van der Waals surface area contributed by atoms with Crippen LogP contribution in [0.5, 0.6) is 0 Å². The molecule has 1 aromatic carbocycles. The zero-order valence-corrected chi connectivity index (χ0v) is 15.7. The predicted molar refractivity (Wildman–Crippen MR) is 96.1 cm³/mol. The molecule has 2 heterocycles. The Kier molecular flexibility index (Phi) is 4.58. The van der Waals surface area contributed by atoms with Gasteiger partial charge in [-0.15, -0.1) is 0 Å². The molecule has 0 aliphatic carbocycles. The van der Waals surface area contributed by atoms with Gasteiger partial charge in [0, 0.05) is 19.6 Å². The smallest absolute Gasteiger partial charge is 0.399 e. The number of hydrogen-bond acceptors (Lipinski definition) is 5. The summed E-state index contributed by atoms with van der Waals surface area (Å²) in [6.45, 7) is 10.1. The van der Waals surface area contributed by atoms with Crippen molar-refractivity contribution in [1.82, 2.24) is 4.90 Å². The third-order valence-corrected chi connectivity index (χ3v) is 7.00. The zero-order chi connectivity index (χ0) is 17.6. The molecule has 0 atom stereocenters. The van der Waals surface area contributed by atoms with Crippen LogP contribution in [-0.4, -0.2) is 56.2 Å². The first-order chi connectivity index (χ1) is 11.1. The Labute approximate surface area is 145 Å². The number of hydrogen-bond donors (Lipinski definition) is 0. The highest BCUT2D eigenvalue weighted by atomic mass is 32.2. The molecule has 2 aliphatic rings. The van der Waals surface area contributed by atoms with Crippen molar-refractivity contribution in [1.29, 1.82) is 0 Å². The van der Waals surface area contributed by atoms with Crippen molar-refractivity contribution in [2.24, 2.45) is 0 Å². The van der Waals surface area contributed by atoms with Crippen LogP contribution in [0.15, 0.2) is 24.3 Å². The van der Waals surface area contributed by atoms with Crippen LogP contribution >= 0.6 is 0 Å². The number of nitrogens with zero attached hydrogens (tertiary/aromatic N) is 1. The number of rotatable bonds is 3. The Hall–Kier alpha value is -0.885. The molecule has 7 heteroatoms. The van der Waals surface area contributed by atoms with E-state index in [0.29, 0.717) is 13.1 Å².